The molecule has 4 amide bonds. The number of carbonyl (C=O) groups is 2. The van der Waals surface area contributed by atoms with E-state index in [1.165, 1.54) is 0 Å². The van der Waals surface area contributed by atoms with E-state index in [0.717, 1.165) is 0 Å². The molecule has 146 valence electrons. The van der Waals surface area contributed by atoms with E-state index >= 15 is 0 Å². The molecule has 0 spiro atoms. The molecule has 1 aromatic rings. The van der Waals surface area contributed by atoms with Crippen LogP contribution in [0.15, 0.2) is 24.3 Å². The van der Waals surface area contributed by atoms with Crippen LogP contribution in [0.2, 0.25) is 0 Å². The van der Waals surface area contributed by atoms with E-state index in [0.29, 0.717) is 47.2 Å². The fourth-order valence-corrected chi connectivity index (χ4v) is 2.60. The van der Waals surface area contributed by atoms with Crippen LogP contribution in [-0.4, -0.2) is 44.7 Å². The molecule has 8 heteroatoms. The fraction of sp³-hybridized carbons (Fsp3) is 0.556. The Kier molecular flexibility index (Phi) is 8.87. The van der Waals surface area contributed by atoms with Gasteiger partial charge >= 0.3 is 12.1 Å². The van der Waals surface area contributed by atoms with Gasteiger partial charge in [0.05, 0.1) is 12.1 Å². The molecule has 1 rings (SSSR count). The molecule has 0 aliphatic rings. The third-order valence-electron chi connectivity index (χ3n) is 4.38. The number of hydrogen-bond acceptors (Lipinski definition) is 4. The second-order valence-corrected chi connectivity index (χ2v) is 6.07. The molecular formula is C18H30N4O4. The van der Waals surface area contributed by atoms with Gasteiger partial charge in [-0.3, -0.25) is 10.4 Å². The zero-order chi connectivity index (χ0) is 19.7. The Hall–Kier alpha value is -2.32. The van der Waals surface area contributed by atoms with E-state index in [1.54, 1.807) is 24.3 Å². The van der Waals surface area contributed by atoms with E-state index in [9.17, 15) is 20.0 Å². The molecule has 0 bridgehead atoms. The lowest BCUT2D eigenvalue weighted by atomic mass is 10.2. The molecule has 0 saturated heterocycles. The Morgan fingerprint density at radius 2 is 1.04 bits per heavy atom. The van der Waals surface area contributed by atoms with Gasteiger partial charge in [-0.2, -0.15) is 0 Å². The van der Waals surface area contributed by atoms with Crippen LogP contribution in [0.25, 0.3) is 0 Å². The van der Waals surface area contributed by atoms with Gasteiger partial charge in [0.15, 0.2) is 0 Å². The first-order valence-corrected chi connectivity index (χ1v) is 9.05. The Balaban J connectivity index is 2.66. The number of anilines is 2. The zero-order valence-corrected chi connectivity index (χ0v) is 15.9. The van der Waals surface area contributed by atoms with Crippen LogP contribution in [-0.2, 0) is 0 Å². The van der Waals surface area contributed by atoms with Crippen molar-refractivity contribution in [3.05, 3.63) is 24.3 Å². The lowest BCUT2D eigenvalue weighted by Crippen LogP contribution is -2.40. The maximum Gasteiger partial charge on any atom is 0.345 e. The summed E-state index contributed by atoms with van der Waals surface area (Å²) in [4.78, 5) is 24.0. The first-order valence-electron chi connectivity index (χ1n) is 9.05. The number of nitrogens with zero attached hydrogens (tertiary/aromatic N) is 2. The summed E-state index contributed by atoms with van der Waals surface area (Å²) in [5.41, 5.74) is 0.970. The van der Waals surface area contributed by atoms with Gasteiger partial charge in [-0.1, -0.05) is 27.7 Å². The van der Waals surface area contributed by atoms with Crippen LogP contribution in [0.4, 0.5) is 21.0 Å². The number of carbonyl (C=O) groups excluding carboxylic acids is 2. The molecule has 0 atom stereocenters. The molecule has 0 unspecified atom stereocenters. The second kappa shape index (κ2) is 10.6. The third-order valence-corrected chi connectivity index (χ3v) is 4.38. The Labute approximate surface area is 154 Å². The van der Waals surface area contributed by atoms with Crippen molar-refractivity contribution in [3.8, 4) is 0 Å². The van der Waals surface area contributed by atoms with Crippen molar-refractivity contribution in [3.63, 3.8) is 0 Å². The second-order valence-electron chi connectivity index (χ2n) is 6.07. The third kappa shape index (κ3) is 5.89. The van der Waals surface area contributed by atoms with Crippen molar-refractivity contribution >= 4 is 23.4 Å². The molecule has 0 radical (unpaired) electrons. The summed E-state index contributed by atoms with van der Waals surface area (Å²) < 4.78 is 0. The summed E-state index contributed by atoms with van der Waals surface area (Å²) in [6.07, 6.45) is 2.61. The van der Waals surface area contributed by atoms with Crippen molar-refractivity contribution in [1.29, 1.82) is 0 Å². The summed E-state index contributed by atoms with van der Waals surface area (Å²) in [5.74, 6) is 0. The highest BCUT2D eigenvalue weighted by atomic mass is 16.5. The quantitative estimate of drug-likeness (QED) is 0.401. The molecular weight excluding hydrogens is 336 g/mol. The first-order chi connectivity index (χ1) is 12.4. The van der Waals surface area contributed by atoms with Crippen LogP contribution in [0, 0.1) is 0 Å². The molecule has 26 heavy (non-hydrogen) atoms. The lowest BCUT2D eigenvalue weighted by Gasteiger charge is -2.24. The minimum atomic E-state index is -0.606. The summed E-state index contributed by atoms with van der Waals surface area (Å²) >= 11 is 0. The summed E-state index contributed by atoms with van der Waals surface area (Å²) in [7, 11) is 0. The van der Waals surface area contributed by atoms with Crippen molar-refractivity contribution in [2.75, 3.05) is 10.6 Å². The van der Waals surface area contributed by atoms with E-state index in [4.69, 9.17) is 0 Å². The van der Waals surface area contributed by atoms with Crippen molar-refractivity contribution in [2.24, 2.45) is 0 Å². The molecule has 0 heterocycles. The highest BCUT2D eigenvalue weighted by molar-refractivity contribution is 5.91. The molecule has 0 saturated carbocycles. The topological polar surface area (TPSA) is 105 Å². The lowest BCUT2D eigenvalue weighted by molar-refractivity contribution is -0.0748. The highest BCUT2D eigenvalue weighted by Gasteiger charge is 2.20. The number of hydrogen-bond donors (Lipinski definition) is 4. The van der Waals surface area contributed by atoms with Gasteiger partial charge in [0.2, 0.25) is 0 Å². The van der Waals surface area contributed by atoms with Gasteiger partial charge in [0.25, 0.3) is 0 Å². The first kappa shape index (κ1) is 21.7. The van der Waals surface area contributed by atoms with E-state index in [1.807, 2.05) is 27.7 Å². The predicted molar refractivity (Wildman–Crippen MR) is 100 cm³/mol. The van der Waals surface area contributed by atoms with Crippen molar-refractivity contribution < 1.29 is 20.0 Å². The van der Waals surface area contributed by atoms with Gasteiger partial charge in [0.1, 0.15) is 0 Å². The summed E-state index contributed by atoms with van der Waals surface area (Å²) in [5, 5.41) is 26.4. The molecule has 0 aliphatic heterocycles. The van der Waals surface area contributed by atoms with Gasteiger partial charge in [0, 0.05) is 11.4 Å². The number of rotatable bonds is 8. The van der Waals surface area contributed by atoms with Gasteiger partial charge in [-0.15, -0.1) is 0 Å². The van der Waals surface area contributed by atoms with Crippen molar-refractivity contribution in [2.45, 2.75) is 65.5 Å². The number of nitrogens with one attached hydrogen (secondary N) is 2. The average molecular weight is 366 g/mol. The van der Waals surface area contributed by atoms with Gasteiger partial charge in [-0.05, 0) is 49.9 Å². The summed E-state index contributed by atoms with van der Waals surface area (Å²) in [6, 6.07) is 4.72. The van der Waals surface area contributed by atoms with Gasteiger partial charge in [-0.25, -0.2) is 19.7 Å². The molecule has 4 N–H and O–H groups in total. The van der Waals surface area contributed by atoms with Crippen LogP contribution in [0.5, 0.6) is 0 Å². The SMILES string of the molecule is CCC(CC)N(O)C(=O)Nc1ccc(NC(=O)N(O)C(CC)CC)cc1. The molecule has 0 aromatic heterocycles. The molecule has 0 fully saturated rings. The van der Waals surface area contributed by atoms with E-state index in [-0.39, 0.29) is 12.1 Å². The predicted octanol–water partition coefficient (Wildman–Crippen LogP) is 4.51. The average Bonchev–Trinajstić information content (AvgIpc) is 2.65. The Bertz CT molecular complexity index is 520. The normalized spacial score (nSPS) is 10.8. The molecule has 1 aromatic carbocycles. The number of urea groups is 2. The molecule has 0 aliphatic carbocycles. The van der Waals surface area contributed by atoms with Crippen LogP contribution in [0.3, 0.4) is 0 Å². The highest BCUT2D eigenvalue weighted by Crippen LogP contribution is 2.16. The minimum Gasteiger partial charge on any atom is -0.306 e. The standard InChI is InChI=1S/C18H30N4O4/c1-5-15(6-2)21(25)17(23)19-13-9-11-14(12-10-13)20-18(24)22(26)16(7-3)8-4/h9-12,15-16,25-26H,5-8H2,1-4H3,(H,19,23)(H,20,24). The fourth-order valence-electron chi connectivity index (χ4n) is 2.60. The van der Waals surface area contributed by atoms with Crippen molar-refractivity contribution in [1.82, 2.24) is 10.1 Å². The smallest absolute Gasteiger partial charge is 0.306 e. The maximum absolute atomic E-state index is 12.0. The van der Waals surface area contributed by atoms with Crippen LogP contribution in [0.1, 0.15) is 53.4 Å². The van der Waals surface area contributed by atoms with E-state index in [2.05, 4.69) is 10.6 Å². The van der Waals surface area contributed by atoms with Crippen LogP contribution < -0.4 is 10.6 Å². The van der Waals surface area contributed by atoms with Crippen LogP contribution >= 0.6 is 0 Å². The summed E-state index contributed by atoms with van der Waals surface area (Å²) in [6.45, 7) is 7.59. The van der Waals surface area contributed by atoms with Gasteiger partial charge < -0.3 is 10.6 Å². The number of benzene rings is 1. The Morgan fingerprint density at radius 3 is 1.27 bits per heavy atom. The monoisotopic (exact) mass is 366 g/mol. The molecule has 8 nitrogen and oxygen atoms in total. The maximum atomic E-state index is 12.0. The number of hydroxylamine groups is 4. The minimum absolute atomic E-state index is 0.242. The number of amides is 4. The Morgan fingerprint density at radius 1 is 0.769 bits per heavy atom. The zero-order valence-electron chi connectivity index (χ0n) is 15.9. The largest absolute Gasteiger partial charge is 0.345 e. The van der Waals surface area contributed by atoms with E-state index < -0.39 is 12.1 Å².